The molecular formula is C13H18N2O3. The Kier molecular flexibility index (Phi) is 4.41. The third-order valence-corrected chi connectivity index (χ3v) is 2.78. The van der Waals surface area contributed by atoms with Crippen molar-refractivity contribution in [1.82, 2.24) is 10.2 Å². The van der Waals surface area contributed by atoms with Crippen LogP contribution in [0.3, 0.4) is 0 Å². The van der Waals surface area contributed by atoms with Crippen molar-refractivity contribution in [2.24, 2.45) is 0 Å². The average molecular weight is 250 g/mol. The number of amides is 1. The van der Waals surface area contributed by atoms with Crippen molar-refractivity contribution in [3.8, 4) is 11.5 Å². The summed E-state index contributed by atoms with van der Waals surface area (Å²) in [5, 5.41) is 2.65. The van der Waals surface area contributed by atoms with Gasteiger partial charge in [-0.2, -0.15) is 0 Å². The third kappa shape index (κ3) is 3.37. The Morgan fingerprint density at radius 1 is 1.33 bits per heavy atom. The lowest BCUT2D eigenvalue weighted by Crippen LogP contribution is -2.28. The van der Waals surface area contributed by atoms with Gasteiger partial charge in [-0.3, -0.25) is 4.79 Å². The van der Waals surface area contributed by atoms with E-state index in [9.17, 15) is 4.79 Å². The zero-order chi connectivity index (χ0) is 12.8. The standard InChI is InChI=1S/C13H18N2O3/c1-15(5-4-14-10-16)9-11-2-3-12-13(8-11)18-7-6-17-12/h2-3,8,10H,4-7,9H2,1H3,(H,14,16). The van der Waals surface area contributed by atoms with Crippen molar-refractivity contribution in [2.45, 2.75) is 6.54 Å². The van der Waals surface area contributed by atoms with Gasteiger partial charge in [0.25, 0.3) is 0 Å². The van der Waals surface area contributed by atoms with Crippen LogP contribution in [-0.4, -0.2) is 44.7 Å². The number of nitrogens with one attached hydrogen (secondary N) is 1. The third-order valence-electron chi connectivity index (χ3n) is 2.78. The molecule has 0 bridgehead atoms. The van der Waals surface area contributed by atoms with Crippen LogP contribution in [0.5, 0.6) is 11.5 Å². The van der Waals surface area contributed by atoms with E-state index in [-0.39, 0.29) is 0 Å². The van der Waals surface area contributed by atoms with E-state index < -0.39 is 0 Å². The van der Waals surface area contributed by atoms with Crippen LogP contribution >= 0.6 is 0 Å². The highest BCUT2D eigenvalue weighted by Crippen LogP contribution is 2.30. The number of rotatable bonds is 6. The first-order valence-electron chi connectivity index (χ1n) is 6.03. The molecule has 0 spiro atoms. The molecule has 0 aliphatic carbocycles. The van der Waals surface area contributed by atoms with Crippen LogP contribution in [0.1, 0.15) is 5.56 Å². The molecule has 0 atom stereocenters. The molecule has 1 aromatic rings. The van der Waals surface area contributed by atoms with Crippen LogP contribution in [0.25, 0.3) is 0 Å². The Balaban J connectivity index is 1.90. The molecule has 98 valence electrons. The lowest BCUT2D eigenvalue weighted by atomic mass is 10.2. The fourth-order valence-corrected chi connectivity index (χ4v) is 1.89. The average Bonchev–Trinajstić information content (AvgIpc) is 2.39. The maximum Gasteiger partial charge on any atom is 0.207 e. The second-order valence-corrected chi connectivity index (χ2v) is 4.29. The molecule has 18 heavy (non-hydrogen) atoms. The summed E-state index contributed by atoms with van der Waals surface area (Å²) in [6.45, 7) is 3.51. The molecular weight excluding hydrogens is 232 g/mol. The van der Waals surface area contributed by atoms with Gasteiger partial charge in [-0.1, -0.05) is 6.07 Å². The topological polar surface area (TPSA) is 50.8 Å². The Labute approximate surface area is 107 Å². The molecule has 1 N–H and O–H groups in total. The Hall–Kier alpha value is -1.75. The van der Waals surface area contributed by atoms with Crippen molar-refractivity contribution in [1.29, 1.82) is 0 Å². The van der Waals surface area contributed by atoms with E-state index in [1.165, 1.54) is 5.56 Å². The molecule has 0 aromatic heterocycles. The fraction of sp³-hybridized carbons (Fsp3) is 0.462. The molecule has 2 rings (SSSR count). The van der Waals surface area contributed by atoms with Crippen LogP contribution in [0.15, 0.2) is 18.2 Å². The minimum atomic E-state index is 0.607. The van der Waals surface area contributed by atoms with Crippen molar-refractivity contribution in [2.75, 3.05) is 33.4 Å². The molecule has 0 saturated heterocycles. The minimum Gasteiger partial charge on any atom is -0.486 e. The van der Waals surface area contributed by atoms with E-state index in [1.54, 1.807) is 0 Å². The van der Waals surface area contributed by atoms with E-state index in [4.69, 9.17) is 9.47 Å². The summed E-state index contributed by atoms with van der Waals surface area (Å²) in [5.41, 5.74) is 1.17. The molecule has 0 unspecified atom stereocenters. The van der Waals surface area contributed by atoms with Crippen LogP contribution in [-0.2, 0) is 11.3 Å². The molecule has 1 aliphatic rings. The van der Waals surface area contributed by atoms with Gasteiger partial charge in [0.2, 0.25) is 6.41 Å². The van der Waals surface area contributed by atoms with Crippen LogP contribution in [0, 0.1) is 0 Å². The summed E-state index contributed by atoms with van der Waals surface area (Å²) in [7, 11) is 2.02. The summed E-state index contributed by atoms with van der Waals surface area (Å²) < 4.78 is 11.0. The number of hydrogen-bond donors (Lipinski definition) is 1. The lowest BCUT2D eigenvalue weighted by Gasteiger charge is -2.21. The van der Waals surface area contributed by atoms with Gasteiger partial charge in [-0.25, -0.2) is 0 Å². The molecule has 1 aromatic carbocycles. The Morgan fingerprint density at radius 3 is 2.89 bits per heavy atom. The lowest BCUT2D eigenvalue weighted by molar-refractivity contribution is -0.109. The zero-order valence-electron chi connectivity index (χ0n) is 10.5. The van der Waals surface area contributed by atoms with Gasteiger partial charge >= 0.3 is 0 Å². The normalized spacial score (nSPS) is 13.4. The minimum absolute atomic E-state index is 0.607. The Bertz CT molecular complexity index is 409. The second kappa shape index (κ2) is 6.26. The van der Waals surface area contributed by atoms with Crippen LogP contribution < -0.4 is 14.8 Å². The zero-order valence-corrected chi connectivity index (χ0v) is 10.5. The first kappa shape index (κ1) is 12.7. The summed E-state index contributed by atoms with van der Waals surface area (Å²) >= 11 is 0. The number of likely N-dealkylation sites (N-methyl/N-ethyl adjacent to an activating group) is 1. The molecule has 0 fully saturated rings. The van der Waals surface area contributed by atoms with Crippen molar-refractivity contribution in [3.63, 3.8) is 0 Å². The van der Waals surface area contributed by atoms with Crippen molar-refractivity contribution >= 4 is 6.41 Å². The monoisotopic (exact) mass is 250 g/mol. The van der Waals surface area contributed by atoms with E-state index >= 15 is 0 Å². The van der Waals surface area contributed by atoms with E-state index in [0.717, 1.165) is 31.0 Å². The smallest absolute Gasteiger partial charge is 0.207 e. The van der Waals surface area contributed by atoms with Gasteiger partial charge in [0.15, 0.2) is 11.5 Å². The summed E-state index contributed by atoms with van der Waals surface area (Å²) in [5.74, 6) is 1.63. The summed E-state index contributed by atoms with van der Waals surface area (Å²) in [6.07, 6.45) is 0.720. The highest BCUT2D eigenvalue weighted by molar-refractivity contribution is 5.45. The molecule has 5 heteroatoms. The SMILES string of the molecule is CN(CCNC=O)Cc1ccc2c(c1)OCCO2. The van der Waals surface area contributed by atoms with Crippen molar-refractivity contribution in [3.05, 3.63) is 23.8 Å². The largest absolute Gasteiger partial charge is 0.486 e. The first-order chi connectivity index (χ1) is 8.79. The van der Waals surface area contributed by atoms with Crippen molar-refractivity contribution < 1.29 is 14.3 Å². The van der Waals surface area contributed by atoms with Gasteiger partial charge < -0.3 is 19.7 Å². The molecule has 1 amide bonds. The number of fused-ring (bicyclic) bond motifs is 1. The molecule has 0 saturated carbocycles. The summed E-state index contributed by atoms with van der Waals surface area (Å²) in [6, 6.07) is 6.00. The number of nitrogens with zero attached hydrogens (tertiary/aromatic N) is 1. The van der Waals surface area contributed by atoms with E-state index in [0.29, 0.717) is 19.8 Å². The molecule has 0 radical (unpaired) electrons. The second-order valence-electron chi connectivity index (χ2n) is 4.29. The van der Waals surface area contributed by atoms with Gasteiger partial charge in [0, 0.05) is 19.6 Å². The first-order valence-corrected chi connectivity index (χ1v) is 6.03. The highest BCUT2D eigenvalue weighted by Gasteiger charge is 2.12. The van der Waals surface area contributed by atoms with Crippen LogP contribution in [0.2, 0.25) is 0 Å². The number of benzene rings is 1. The number of hydrogen-bond acceptors (Lipinski definition) is 4. The van der Waals surface area contributed by atoms with E-state index in [2.05, 4.69) is 10.2 Å². The predicted molar refractivity (Wildman–Crippen MR) is 67.8 cm³/mol. The molecule has 1 aliphatic heterocycles. The van der Waals surface area contributed by atoms with E-state index in [1.807, 2.05) is 25.2 Å². The van der Waals surface area contributed by atoms with Gasteiger partial charge in [0.1, 0.15) is 13.2 Å². The highest BCUT2D eigenvalue weighted by atomic mass is 16.6. The molecule has 5 nitrogen and oxygen atoms in total. The Morgan fingerprint density at radius 2 is 2.11 bits per heavy atom. The summed E-state index contributed by atoms with van der Waals surface area (Å²) in [4.78, 5) is 12.3. The number of ether oxygens (including phenoxy) is 2. The van der Waals surface area contributed by atoms with Gasteiger partial charge in [0.05, 0.1) is 0 Å². The quantitative estimate of drug-likeness (QED) is 0.594. The maximum absolute atomic E-state index is 10.1. The number of carbonyl (C=O) groups excluding carboxylic acids is 1. The predicted octanol–water partition coefficient (Wildman–Crippen LogP) is 0.636. The molecule has 1 heterocycles. The van der Waals surface area contributed by atoms with Gasteiger partial charge in [-0.15, -0.1) is 0 Å². The number of carbonyl (C=O) groups is 1. The maximum atomic E-state index is 10.1. The van der Waals surface area contributed by atoms with Gasteiger partial charge in [-0.05, 0) is 24.7 Å². The fourth-order valence-electron chi connectivity index (χ4n) is 1.89. The van der Waals surface area contributed by atoms with Crippen LogP contribution in [0.4, 0.5) is 0 Å².